The molecule has 1 atom stereocenters. The van der Waals surface area contributed by atoms with Crippen LogP contribution in [-0.4, -0.2) is 36.1 Å². The molecule has 0 aromatic heterocycles. The van der Waals surface area contributed by atoms with E-state index in [9.17, 15) is 14.0 Å². The molecule has 2 rings (SSSR count). The summed E-state index contributed by atoms with van der Waals surface area (Å²) < 4.78 is 13.7. The number of carbonyl (C=O) groups excluding carboxylic acids is 2. The molecular formula is C17H23FN2O2S. The Morgan fingerprint density at radius 3 is 2.91 bits per heavy atom. The Morgan fingerprint density at radius 2 is 2.22 bits per heavy atom. The number of likely N-dealkylation sites (tertiary alicyclic amines) is 1. The minimum Gasteiger partial charge on any atom is -0.370 e. The van der Waals surface area contributed by atoms with Crippen LogP contribution in [0.5, 0.6) is 0 Å². The first-order valence-corrected chi connectivity index (χ1v) is 9.25. The van der Waals surface area contributed by atoms with Gasteiger partial charge in [0, 0.05) is 30.8 Å². The molecule has 1 aromatic rings. The monoisotopic (exact) mass is 338 g/mol. The molecule has 4 nitrogen and oxygen atoms in total. The topological polar surface area (TPSA) is 63.4 Å². The van der Waals surface area contributed by atoms with E-state index in [0.717, 1.165) is 19.3 Å². The Bertz CT molecular complexity index is 580. The summed E-state index contributed by atoms with van der Waals surface area (Å²) in [6.45, 7) is 1.35. The highest BCUT2D eigenvalue weighted by molar-refractivity contribution is 7.97. The number of thioether (sulfide) groups is 1. The number of nitrogens with two attached hydrogens (primary N) is 1. The molecule has 1 fully saturated rings. The number of hydrogen-bond acceptors (Lipinski definition) is 3. The molecule has 126 valence electrons. The second-order valence-electron chi connectivity index (χ2n) is 6.00. The molecule has 1 aliphatic rings. The first kappa shape index (κ1) is 17.8. The molecule has 0 spiro atoms. The van der Waals surface area contributed by atoms with Gasteiger partial charge in [-0.15, -0.1) is 0 Å². The number of benzene rings is 1. The Morgan fingerprint density at radius 1 is 1.43 bits per heavy atom. The quantitative estimate of drug-likeness (QED) is 0.867. The number of piperidine rings is 1. The molecule has 1 aromatic carbocycles. The van der Waals surface area contributed by atoms with Crippen molar-refractivity contribution in [1.29, 1.82) is 0 Å². The minimum absolute atomic E-state index is 0.0591. The fourth-order valence-corrected chi connectivity index (χ4v) is 3.52. The van der Waals surface area contributed by atoms with Crippen molar-refractivity contribution < 1.29 is 14.0 Å². The molecule has 0 unspecified atom stereocenters. The summed E-state index contributed by atoms with van der Waals surface area (Å²) >= 11 is 1.53. The van der Waals surface area contributed by atoms with Crippen molar-refractivity contribution in [2.75, 3.05) is 19.3 Å². The van der Waals surface area contributed by atoms with Gasteiger partial charge in [-0.3, -0.25) is 9.59 Å². The number of hydrogen-bond donors (Lipinski definition) is 1. The summed E-state index contributed by atoms with van der Waals surface area (Å²) in [4.78, 5) is 25.4. The average Bonchev–Trinajstić information content (AvgIpc) is 2.55. The maximum Gasteiger partial charge on any atom is 0.253 e. The highest BCUT2D eigenvalue weighted by atomic mass is 32.2. The molecule has 1 heterocycles. The van der Waals surface area contributed by atoms with Crippen LogP contribution in [0.2, 0.25) is 0 Å². The molecule has 1 aliphatic heterocycles. The zero-order valence-corrected chi connectivity index (χ0v) is 14.2. The smallest absolute Gasteiger partial charge is 0.253 e. The fourth-order valence-electron chi connectivity index (χ4n) is 2.99. The number of amides is 2. The van der Waals surface area contributed by atoms with Gasteiger partial charge < -0.3 is 10.6 Å². The molecular weight excluding hydrogens is 315 g/mol. The summed E-state index contributed by atoms with van der Waals surface area (Å²) in [5.41, 5.74) is 6.29. The molecule has 0 saturated carbocycles. The number of primary amides is 1. The molecule has 0 radical (unpaired) electrons. The average molecular weight is 338 g/mol. The number of carbonyl (C=O) groups is 2. The Labute approximate surface area is 140 Å². The first-order valence-electron chi connectivity index (χ1n) is 7.86. The van der Waals surface area contributed by atoms with Gasteiger partial charge in [-0.25, -0.2) is 4.39 Å². The van der Waals surface area contributed by atoms with E-state index < -0.39 is 0 Å². The summed E-state index contributed by atoms with van der Waals surface area (Å²) in [6, 6.07) is 4.57. The molecule has 1 saturated heterocycles. The molecule has 23 heavy (non-hydrogen) atoms. The van der Waals surface area contributed by atoms with Gasteiger partial charge >= 0.3 is 0 Å². The van der Waals surface area contributed by atoms with Gasteiger partial charge in [0.1, 0.15) is 5.82 Å². The Balaban J connectivity index is 2.04. The van der Waals surface area contributed by atoms with Gasteiger partial charge in [-0.05, 0) is 55.2 Å². The van der Waals surface area contributed by atoms with Crippen LogP contribution in [-0.2, 0) is 10.5 Å². The zero-order valence-electron chi connectivity index (χ0n) is 13.4. The van der Waals surface area contributed by atoms with Crippen LogP contribution >= 0.6 is 11.8 Å². The predicted molar refractivity (Wildman–Crippen MR) is 90.7 cm³/mol. The molecule has 0 aliphatic carbocycles. The standard InChI is InChI=1S/C17H23FN2O2S/c1-23-11-14-9-13(5-6-15(14)18)17(22)20-8-2-3-12(10-20)4-7-16(19)21/h5-6,9,12H,2-4,7-8,10-11H2,1H3,(H2,19,21)/t12-/m0/s1. The van der Waals surface area contributed by atoms with E-state index in [1.54, 1.807) is 12.1 Å². The second-order valence-corrected chi connectivity index (χ2v) is 6.87. The number of rotatable bonds is 6. The van der Waals surface area contributed by atoms with Crippen LogP contribution in [0, 0.1) is 11.7 Å². The van der Waals surface area contributed by atoms with Crippen LogP contribution in [0.3, 0.4) is 0 Å². The van der Waals surface area contributed by atoms with Crippen LogP contribution in [0.25, 0.3) is 0 Å². The molecule has 2 amide bonds. The lowest BCUT2D eigenvalue weighted by Crippen LogP contribution is -2.40. The number of nitrogens with zero attached hydrogens (tertiary/aromatic N) is 1. The summed E-state index contributed by atoms with van der Waals surface area (Å²) in [7, 11) is 0. The van der Waals surface area contributed by atoms with E-state index in [1.165, 1.54) is 17.8 Å². The van der Waals surface area contributed by atoms with E-state index in [2.05, 4.69) is 0 Å². The summed E-state index contributed by atoms with van der Waals surface area (Å²) in [5.74, 6) is 0.235. The molecule has 6 heteroatoms. The van der Waals surface area contributed by atoms with Gasteiger partial charge in [-0.1, -0.05) is 0 Å². The van der Waals surface area contributed by atoms with E-state index in [-0.39, 0.29) is 17.6 Å². The second kappa shape index (κ2) is 8.34. The van der Waals surface area contributed by atoms with Crippen molar-refractivity contribution in [3.8, 4) is 0 Å². The number of halogens is 1. The Kier molecular flexibility index (Phi) is 6.45. The van der Waals surface area contributed by atoms with Gasteiger partial charge in [0.05, 0.1) is 0 Å². The zero-order chi connectivity index (χ0) is 16.8. The fraction of sp³-hybridized carbons (Fsp3) is 0.529. The first-order chi connectivity index (χ1) is 11.0. The van der Waals surface area contributed by atoms with Crippen molar-refractivity contribution in [3.05, 3.63) is 35.1 Å². The largest absolute Gasteiger partial charge is 0.370 e. The summed E-state index contributed by atoms with van der Waals surface area (Å²) in [5, 5.41) is 0. The SMILES string of the molecule is CSCc1cc(C(=O)N2CCC[C@@H](CCC(N)=O)C2)ccc1F. The lowest BCUT2D eigenvalue weighted by atomic mass is 9.93. The highest BCUT2D eigenvalue weighted by Crippen LogP contribution is 2.23. The van der Waals surface area contributed by atoms with E-state index >= 15 is 0 Å². The minimum atomic E-state index is -0.298. The molecule has 2 N–H and O–H groups in total. The van der Waals surface area contributed by atoms with E-state index in [0.29, 0.717) is 42.3 Å². The van der Waals surface area contributed by atoms with Crippen LogP contribution in [0.1, 0.15) is 41.6 Å². The van der Waals surface area contributed by atoms with Crippen LogP contribution in [0.15, 0.2) is 18.2 Å². The van der Waals surface area contributed by atoms with Crippen molar-refractivity contribution in [2.24, 2.45) is 11.7 Å². The third kappa shape index (κ3) is 4.96. The van der Waals surface area contributed by atoms with Crippen LogP contribution < -0.4 is 5.73 Å². The van der Waals surface area contributed by atoms with E-state index in [1.807, 2.05) is 11.2 Å². The van der Waals surface area contributed by atoms with Crippen LogP contribution in [0.4, 0.5) is 4.39 Å². The van der Waals surface area contributed by atoms with Gasteiger partial charge in [0.2, 0.25) is 5.91 Å². The van der Waals surface area contributed by atoms with Crippen molar-refractivity contribution in [1.82, 2.24) is 4.90 Å². The Hall–Kier alpha value is -1.56. The van der Waals surface area contributed by atoms with Crippen molar-refractivity contribution in [3.63, 3.8) is 0 Å². The third-order valence-corrected chi connectivity index (χ3v) is 4.80. The van der Waals surface area contributed by atoms with Gasteiger partial charge in [-0.2, -0.15) is 11.8 Å². The highest BCUT2D eigenvalue weighted by Gasteiger charge is 2.25. The maximum absolute atomic E-state index is 13.7. The van der Waals surface area contributed by atoms with Crippen molar-refractivity contribution >= 4 is 23.6 Å². The maximum atomic E-state index is 13.7. The summed E-state index contributed by atoms with van der Waals surface area (Å²) in [6.07, 6.45) is 4.93. The van der Waals surface area contributed by atoms with Gasteiger partial charge in [0.15, 0.2) is 0 Å². The third-order valence-electron chi connectivity index (χ3n) is 4.20. The molecule has 0 bridgehead atoms. The lowest BCUT2D eigenvalue weighted by molar-refractivity contribution is -0.118. The van der Waals surface area contributed by atoms with E-state index in [4.69, 9.17) is 5.73 Å². The van der Waals surface area contributed by atoms with Crippen molar-refractivity contribution in [2.45, 2.75) is 31.4 Å². The van der Waals surface area contributed by atoms with Gasteiger partial charge in [0.25, 0.3) is 5.91 Å². The normalized spacial score (nSPS) is 18.0. The predicted octanol–water partition coefficient (Wildman–Crippen LogP) is 2.81. The lowest BCUT2D eigenvalue weighted by Gasteiger charge is -2.33.